The Morgan fingerprint density at radius 2 is 1.35 bits per heavy atom. The van der Waals surface area contributed by atoms with Gasteiger partial charge in [0, 0.05) is 11.8 Å². The summed E-state index contributed by atoms with van der Waals surface area (Å²) in [5.41, 5.74) is -1.15. The third kappa shape index (κ3) is 5.97. The summed E-state index contributed by atoms with van der Waals surface area (Å²) in [4.78, 5) is 58.9. The highest BCUT2D eigenvalue weighted by molar-refractivity contribution is 6.01. The van der Waals surface area contributed by atoms with Crippen molar-refractivity contribution in [1.82, 2.24) is 0 Å². The third-order valence-corrected chi connectivity index (χ3v) is 4.31. The van der Waals surface area contributed by atoms with Gasteiger partial charge in [-0.05, 0) is 18.2 Å². The van der Waals surface area contributed by atoms with Crippen LogP contribution >= 0.6 is 0 Å². The average molecular weight is 476 g/mol. The fraction of sp³-hybridized carbons (Fsp3) is 0.238. The molecule has 2 aromatic carbocycles. The zero-order chi connectivity index (χ0) is 25.4. The number of carbonyl (C=O) groups excluding carboxylic acids is 4. The van der Waals surface area contributed by atoms with Crippen LogP contribution in [-0.4, -0.2) is 63.8 Å². The van der Waals surface area contributed by atoms with Crippen molar-refractivity contribution in [2.24, 2.45) is 0 Å². The Bertz CT molecular complexity index is 1110. The van der Waals surface area contributed by atoms with Crippen molar-refractivity contribution in [1.29, 1.82) is 0 Å². The largest absolute Gasteiger partial charge is 0.493 e. The van der Waals surface area contributed by atoms with E-state index in [1.165, 1.54) is 32.4 Å². The molecular formula is C21H20N2O11. The molecule has 1 amide bonds. The van der Waals surface area contributed by atoms with Crippen LogP contribution in [-0.2, 0) is 19.0 Å². The van der Waals surface area contributed by atoms with Crippen LogP contribution in [0.25, 0.3) is 0 Å². The SMILES string of the molecule is COC(=O)c1cc(NC(=O)COC(=O)c2cc(OC)c(OC)cc2[N+](=O)[O-])cc(C(=O)OC)c1. The number of benzene rings is 2. The maximum atomic E-state index is 12.4. The van der Waals surface area contributed by atoms with Gasteiger partial charge < -0.3 is 29.0 Å². The molecule has 2 aromatic rings. The maximum Gasteiger partial charge on any atom is 0.345 e. The number of ether oxygens (including phenoxy) is 5. The first-order chi connectivity index (χ1) is 16.1. The fourth-order valence-corrected chi connectivity index (χ4v) is 2.76. The van der Waals surface area contributed by atoms with Crippen molar-refractivity contribution in [3.8, 4) is 11.5 Å². The summed E-state index contributed by atoms with van der Waals surface area (Å²) in [6.45, 7) is -0.833. The molecule has 1 N–H and O–H groups in total. The molecule has 0 fully saturated rings. The fourth-order valence-electron chi connectivity index (χ4n) is 2.76. The predicted molar refractivity (Wildman–Crippen MR) is 114 cm³/mol. The molecule has 34 heavy (non-hydrogen) atoms. The van der Waals surface area contributed by atoms with E-state index in [4.69, 9.17) is 14.2 Å². The smallest absolute Gasteiger partial charge is 0.345 e. The Kier molecular flexibility index (Phi) is 8.47. The Morgan fingerprint density at radius 3 is 1.82 bits per heavy atom. The molecule has 2 rings (SSSR count). The van der Waals surface area contributed by atoms with Gasteiger partial charge in [0.1, 0.15) is 5.56 Å². The second-order valence-corrected chi connectivity index (χ2v) is 6.39. The summed E-state index contributed by atoms with van der Waals surface area (Å²) in [6, 6.07) is 5.72. The number of hydrogen-bond acceptors (Lipinski definition) is 11. The second-order valence-electron chi connectivity index (χ2n) is 6.39. The molecule has 0 heterocycles. The van der Waals surface area contributed by atoms with Gasteiger partial charge in [0.05, 0.1) is 50.6 Å². The summed E-state index contributed by atoms with van der Waals surface area (Å²) in [5.74, 6) is -3.49. The van der Waals surface area contributed by atoms with Crippen LogP contribution in [0.1, 0.15) is 31.1 Å². The molecular weight excluding hydrogens is 456 g/mol. The number of esters is 3. The quantitative estimate of drug-likeness (QED) is 0.243. The van der Waals surface area contributed by atoms with Crippen LogP contribution < -0.4 is 14.8 Å². The summed E-state index contributed by atoms with van der Waals surface area (Å²) in [7, 11) is 4.82. The lowest BCUT2D eigenvalue weighted by Crippen LogP contribution is -2.22. The lowest BCUT2D eigenvalue weighted by molar-refractivity contribution is -0.385. The zero-order valence-electron chi connectivity index (χ0n) is 18.5. The van der Waals surface area contributed by atoms with E-state index in [0.29, 0.717) is 0 Å². The highest BCUT2D eigenvalue weighted by Gasteiger charge is 2.26. The van der Waals surface area contributed by atoms with Gasteiger partial charge in [0.25, 0.3) is 11.6 Å². The van der Waals surface area contributed by atoms with Gasteiger partial charge in [-0.25, -0.2) is 14.4 Å². The molecule has 0 aliphatic carbocycles. The number of nitro benzene ring substituents is 1. The minimum absolute atomic E-state index is 0.0152. The van der Waals surface area contributed by atoms with E-state index in [9.17, 15) is 29.3 Å². The lowest BCUT2D eigenvalue weighted by atomic mass is 10.1. The van der Waals surface area contributed by atoms with Gasteiger partial charge in [-0.2, -0.15) is 0 Å². The molecule has 13 nitrogen and oxygen atoms in total. The molecule has 0 aromatic heterocycles. The molecule has 0 saturated heterocycles. The first-order valence-corrected chi connectivity index (χ1v) is 9.34. The number of nitro groups is 1. The highest BCUT2D eigenvalue weighted by atomic mass is 16.6. The van der Waals surface area contributed by atoms with Gasteiger partial charge in [-0.15, -0.1) is 0 Å². The summed E-state index contributed by atoms with van der Waals surface area (Å²) in [6.07, 6.45) is 0. The monoisotopic (exact) mass is 476 g/mol. The van der Waals surface area contributed by atoms with Gasteiger partial charge in [-0.1, -0.05) is 0 Å². The summed E-state index contributed by atoms with van der Waals surface area (Å²) >= 11 is 0. The molecule has 0 saturated carbocycles. The Labute approximate surface area is 192 Å². The maximum absolute atomic E-state index is 12.4. The normalized spacial score (nSPS) is 10.0. The molecule has 0 atom stereocenters. The predicted octanol–water partition coefficient (Wildman–Crippen LogP) is 1.98. The minimum Gasteiger partial charge on any atom is -0.493 e. The van der Waals surface area contributed by atoms with Crippen LogP contribution in [0.15, 0.2) is 30.3 Å². The number of nitrogens with one attached hydrogen (secondary N) is 1. The van der Waals surface area contributed by atoms with Crippen molar-refractivity contribution >= 4 is 35.2 Å². The topological polar surface area (TPSA) is 170 Å². The van der Waals surface area contributed by atoms with Gasteiger partial charge >= 0.3 is 17.9 Å². The van der Waals surface area contributed by atoms with Crippen LogP contribution in [0.4, 0.5) is 11.4 Å². The molecule has 0 radical (unpaired) electrons. The number of nitrogens with zero attached hydrogens (tertiary/aromatic N) is 1. The van der Waals surface area contributed by atoms with E-state index in [2.05, 4.69) is 14.8 Å². The molecule has 0 aliphatic rings. The van der Waals surface area contributed by atoms with Gasteiger partial charge in [-0.3, -0.25) is 14.9 Å². The molecule has 0 aliphatic heterocycles. The molecule has 180 valence electrons. The number of hydrogen-bond donors (Lipinski definition) is 1. The number of amides is 1. The van der Waals surface area contributed by atoms with Crippen molar-refractivity contribution in [3.63, 3.8) is 0 Å². The standard InChI is InChI=1S/C21H20N2O11/c1-30-16-8-14(15(23(28)29)9-17(16)31-2)21(27)34-10-18(24)22-13-6-11(19(25)32-3)5-12(7-13)20(26)33-4/h5-9H,10H2,1-4H3,(H,22,24). The molecule has 0 bridgehead atoms. The van der Waals surface area contributed by atoms with E-state index in [1.54, 1.807) is 0 Å². The lowest BCUT2D eigenvalue weighted by Gasteiger charge is -2.11. The molecule has 0 spiro atoms. The van der Waals surface area contributed by atoms with Gasteiger partial charge in [0.2, 0.25) is 0 Å². The summed E-state index contributed by atoms with van der Waals surface area (Å²) < 4.78 is 24.1. The van der Waals surface area contributed by atoms with Crippen molar-refractivity contribution in [3.05, 3.63) is 57.1 Å². The summed E-state index contributed by atoms with van der Waals surface area (Å²) in [5, 5.41) is 13.7. The van der Waals surface area contributed by atoms with Crippen LogP contribution in [0.2, 0.25) is 0 Å². The average Bonchev–Trinajstić information content (AvgIpc) is 2.84. The molecule has 0 unspecified atom stereocenters. The van der Waals surface area contributed by atoms with Crippen molar-refractivity contribution < 1.29 is 47.8 Å². The number of methoxy groups -OCH3 is 4. The zero-order valence-corrected chi connectivity index (χ0v) is 18.5. The number of carbonyl (C=O) groups is 4. The second kappa shape index (κ2) is 11.3. The van der Waals surface area contributed by atoms with E-state index in [0.717, 1.165) is 26.4 Å². The third-order valence-electron chi connectivity index (χ3n) is 4.31. The van der Waals surface area contributed by atoms with Gasteiger partial charge in [0.15, 0.2) is 18.1 Å². The molecule has 13 heteroatoms. The Hall–Kier alpha value is -4.68. The van der Waals surface area contributed by atoms with Crippen molar-refractivity contribution in [2.45, 2.75) is 0 Å². The highest BCUT2D eigenvalue weighted by Crippen LogP contribution is 2.34. The van der Waals surface area contributed by atoms with Crippen LogP contribution in [0.5, 0.6) is 11.5 Å². The first kappa shape index (κ1) is 25.6. The van der Waals surface area contributed by atoms with E-state index in [-0.39, 0.29) is 28.3 Å². The van der Waals surface area contributed by atoms with E-state index >= 15 is 0 Å². The Morgan fingerprint density at radius 1 is 0.824 bits per heavy atom. The van der Waals surface area contributed by atoms with E-state index in [1.807, 2.05) is 0 Å². The van der Waals surface area contributed by atoms with Crippen LogP contribution in [0.3, 0.4) is 0 Å². The Balaban J connectivity index is 2.21. The van der Waals surface area contributed by atoms with Crippen molar-refractivity contribution in [2.75, 3.05) is 40.4 Å². The van der Waals surface area contributed by atoms with E-state index < -0.39 is 46.6 Å². The number of anilines is 1. The van der Waals surface area contributed by atoms with Crippen LogP contribution in [0, 0.1) is 10.1 Å². The number of rotatable bonds is 9. The minimum atomic E-state index is -1.17. The first-order valence-electron chi connectivity index (χ1n) is 9.34.